The number of rotatable bonds is 6. The van der Waals surface area contributed by atoms with Crippen LogP contribution < -0.4 is 4.74 Å². The number of halogens is 4. The van der Waals surface area contributed by atoms with Crippen molar-refractivity contribution < 1.29 is 19.3 Å². The van der Waals surface area contributed by atoms with Crippen LogP contribution in [-0.4, -0.2) is 93.1 Å². The third-order valence-electron chi connectivity index (χ3n) is 4.92. The third-order valence-corrected chi connectivity index (χ3v) is 6.53. The van der Waals surface area contributed by atoms with Gasteiger partial charge in [0.1, 0.15) is 18.1 Å². The van der Waals surface area contributed by atoms with Crippen LogP contribution in [0.4, 0.5) is 0 Å². The van der Waals surface area contributed by atoms with Gasteiger partial charge in [-0.05, 0) is 93.7 Å². The summed E-state index contributed by atoms with van der Waals surface area (Å²) < 4.78 is 18.5. The lowest BCUT2D eigenvalue weighted by molar-refractivity contribution is 0.0322. The molecule has 0 atom stereocenters. The highest BCUT2D eigenvalue weighted by Gasteiger charge is 2.09. The second-order valence-electron chi connectivity index (χ2n) is 7.38. The lowest BCUT2D eigenvalue weighted by Crippen LogP contribution is -2.38. The number of alkyl halides is 1. The number of nitrogens with zero attached hydrogens (tertiary/aromatic N) is 2. The number of phenolic OH excluding ortho intramolecular Hbond substituents is 1. The molecule has 0 unspecified atom stereocenters. The molecule has 2 heterocycles. The van der Waals surface area contributed by atoms with Gasteiger partial charge >= 0.3 is 0 Å². The molecule has 2 aliphatic heterocycles. The lowest BCUT2D eigenvalue weighted by atomic mass is 10.3. The van der Waals surface area contributed by atoms with Crippen LogP contribution in [0.3, 0.4) is 0 Å². The van der Waals surface area contributed by atoms with Crippen molar-refractivity contribution in [2.75, 3.05) is 78.2 Å². The van der Waals surface area contributed by atoms with E-state index in [4.69, 9.17) is 30.9 Å². The van der Waals surface area contributed by atoms with E-state index in [0.29, 0.717) is 5.75 Å². The maximum absolute atomic E-state index is 8.75. The summed E-state index contributed by atoms with van der Waals surface area (Å²) in [4.78, 5) is 4.69. The fourth-order valence-corrected chi connectivity index (χ4v) is 3.99. The lowest BCUT2D eigenvalue weighted by Gasteiger charge is -2.26. The van der Waals surface area contributed by atoms with E-state index >= 15 is 0 Å². The van der Waals surface area contributed by atoms with Crippen LogP contribution in [0.2, 0.25) is 0 Å². The normalized spacial score (nSPS) is 16.2. The summed E-state index contributed by atoms with van der Waals surface area (Å²) in [6, 6.07) is 15.2. The topological polar surface area (TPSA) is 54.4 Å². The maximum Gasteiger partial charge on any atom is 0.119 e. The minimum absolute atomic E-state index is 0. The Morgan fingerprint density at radius 1 is 0.765 bits per heavy atom. The molecule has 2 fully saturated rings. The molecule has 2 saturated heterocycles. The number of phenols is 1. The summed E-state index contributed by atoms with van der Waals surface area (Å²) in [5.41, 5.74) is 0. The van der Waals surface area contributed by atoms with Gasteiger partial charge in [-0.1, -0.05) is 0 Å². The molecule has 2 aromatic rings. The van der Waals surface area contributed by atoms with Gasteiger partial charge in [0, 0.05) is 52.3 Å². The van der Waals surface area contributed by atoms with E-state index in [1.807, 2.05) is 24.3 Å². The second-order valence-corrected chi connectivity index (χ2v) is 10.2. The average molecular weight is 739 g/mol. The van der Waals surface area contributed by atoms with Crippen molar-refractivity contribution in [1.82, 2.24) is 9.80 Å². The number of aromatic hydroxyl groups is 1. The largest absolute Gasteiger partial charge is 0.508 e. The number of hydrogen-bond acceptors (Lipinski definition) is 6. The molecular weight excluding hydrogens is 705 g/mol. The smallest absolute Gasteiger partial charge is 0.119 e. The van der Waals surface area contributed by atoms with Crippen LogP contribution in [-0.2, 0) is 9.47 Å². The fraction of sp³-hybridized carbons (Fsp3) is 0.500. The monoisotopic (exact) mass is 738 g/mol. The molecular formula is C24H34Cl2I2N2O4. The quantitative estimate of drug-likeness (QED) is 0.334. The number of benzene rings is 2. The van der Waals surface area contributed by atoms with Gasteiger partial charge in [-0.15, -0.1) is 24.0 Å². The summed E-state index contributed by atoms with van der Waals surface area (Å²) in [6.07, 6.45) is 0. The molecule has 0 bridgehead atoms. The zero-order valence-corrected chi connectivity index (χ0v) is 25.1. The Hall–Kier alpha value is -0.0800. The summed E-state index contributed by atoms with van der Waals surface area (Å²) in [5, 5.41) is 8.75. The van der Waals surface area contributed by atoms with E-state index in [1.165, 1.54) is 3.57 Å². The third kappa shape index (κ3) is 15.1. The molecule has 0 radical (unpaired) electrons. The molecule has 0 aliphatic carbocycles. The molecule has 0 spiro atoms. The van der Waals surface area contributed by atoms with Crippen LogP contribution in [0.1, 0.15) is 0 Å². The van der Waals surface area contributed by atoms with Crippen LogP contribution in [0.5, 0.6) is 11.5 Å². The summed E-state index contributed by atoms with van der Waals surface area (Å²) in [7, 11) is 0. The Morgan fingerprint density at radius 2 is 1.21 bits per heavy atom. The first kappa shape index (κ1) is 31.9. The summed E-state index contributed by atoms with van der Waals surface area (Å²) in [5.74, 6) is 2.01. The molecule has 34 heavy (non-hydrogen) atoms. The number of hydrogen-bond donors (Lipinski definition) is 1. The van der Waals surface area contributed by atoms with Crippen molar-refractivity contribution in [2.24, 2.45) is 0 Å². The molecule has 0 aromatic heterocycles. The molecule has 0 amide bonds. The first-order valence-corrected chi connectivity index (χ1v) is 13.7. The van der Waals surface area contributed by atoms with Gasteiger partial charge in [-0.3, -0.25) is 9.80 Å². The van der Waals surface area contributed by atoms with Gasteiger partial charge in [0.05, 0.1) is 26.4 Å². The van der Waals surface area contributed by atoms with Crippen LogP contribution in [0, 0.1) is 7.14 Å². The Kier molecular flexibility index (Phi) is 18.8. The van der Waals surface area contributed by atoms with Crippen molar-refractivity contribution in [3.05, 3.63) is 55.7 Å². The standard InChI is InChI=1S/C12H16INO2.C6H12ClNO.C6H5IO.ClH/c13-11-1-3-12(4-2-11)16-10-7-14-5-8-15-9-6-14;7-1-2-8-3-5-9-6-4-8;7-5-1-3-6(8)4-2-5;/h1-4H,5-10H2;1-6H2;1-4,8H;1H. The predicted molar refractivity (Wildman–Crippen MR) is 158 cm³/mol. The summed E-state index contributed by atoms with van der Waals surface area (Å²) >= 11 is 10.0. The van der Waals surface area contributed by atoms with Crippen LogP contribution >= 0.6 is 69.2 Å². The van der Waals surface area contributed by atoms with Gasteiger partial charge in [0.25, 0.3) is 0 Å². The zero-order chi connectivity index (χ0) is 23.7. The molecule has 4 rings (SSSR count). The van der Waals surface area contributed by atoms with Crippen LogP contribution in [0.25, 0.3) is 0 Å². The second kappa shape index (κ2) is 20.0. The van der Waals surface area contributed by atoms with E-state index in [9.17, 15) is 0 Å². The van der Waals surface area contributed by atoms with Gasteiger partial charge in [-0.2, -0.15) is 0 Å². The molecule has 0 saturated carbocycles. The minimum atomic E-state index is 0. The van der Waals surface area contributed by atoms with Crippen molar-refractivity contribution >= 4 is 69.2 Å². The summed E-state index contributed by atoms with van der Waals surface area (Å²) in [6.45, 7) is 10.3. The minimum Gasteiger partial charge on any atom is -0.508 e. The highest BCUT2D eigenvalue weighted by Crippen LogP contribution is 2.13. The molecule has 192 valence electrons. The maximum atomic E-state index is 8.75. The Bertz CT molecular complexity index is 722. The Balaban J connectivity index is 0.000000274. The van der Waals surface area contributed by atoms with Gasteiger partial charge in [0.2, 0.25) is 0 Å². The molecule has 1 N–H and O–H groups in total. The van der Waals surface area contributed by atoms with E-state index in [1.54, 1.807) is 12.1 Å². The van der Waals surface area contributed by atoms with E-state index in [0.717, 1.165) is 87.5 Å². The molecule has 2 aliphatic rings. The number of morpholine rings is 2. The Morgan fingerprint density at radius 3 is 1.65 bits per heavy atom. The van der Waals surface area contributed by atoms with Gasteiger partial charge in [-0.25, -0.2) is 0 Å². The average Bonchev–Trinajstić information content (AvgIpc) is 2.85. The van der Waals surface area contributed by atoms with Crippen molar-refractivity contribution in [2.45, 2.75) is 0 Å². The van der Waals surface area contributed by atoms with Crippen molar-refractivity contribution in [3.63, 3.8) is 0 Å². The van der Waals surface area contributed by atoms with Crippen molar-refractivity contribution in [1.29, 1.82) is 0 Å². The highest BCUT2D eigenvalue weighted by atomic mass is 127. The molecule has 10 heteroatoms. The van der Waals surface area contributed by atoms with Gasteiger partial charge < -0.3 is 19.3 Å². The van der Waals surface area contributed by atoms with E-state index in [-0.39, 0.29) is 12.4 Å². The molecule has 2 aromatic carbocycles. The van der Waals surface area contributed by atoms with E-state index in [2.05, 4.69) is 67.1 Å². The zero-order valence-electron chi connectivity index (χ0n) is 19.2. The van der Waals surface area contributed by atoms with Crippen molar-refractivity contribution in [3.8, 4) is 11.5 Å². The highest BCUT2D eigenvalue weighted by molar-refractivity contribution is 14.1. The Labute approximate surface area is 242 Å². The first-order valence-electron chi connectivity index (χ1n) is 11.1. The van der Waals surface area contributed by atoms with Gasteiger partial charge in [0.15, 0.2) is 0 Å². The SMILES string of the molecule is Cl.ClCCN1CCOCC1.Ic1ccc(OCCN2CCOCC2)cc1.Oc1ccc(I)cc1. The fourth-order valence-electron chi connectivity index (χ4n) is 3.03. The molecule has 6 nitrogen and oxygen atoms in total. The first-order chi connectivity index (χ1) is 16.1. The number of ether oxygens (including phenoxy) is 3. The van der Waals surface area contributed by atoms with E-state index < -0.39 is 0 Å². The van der Waals surface area contributed by atoms with Crippen LogP contribution in [0.15, 0.2) is 48.5 Å². The predicted octanol–water partition coefficient (Wildman–Crippen LogP) is 4.98.